The Balaban J connectivity index is 4.13. The van der Waals surface area contributed by atoms with E-state index in [2.05, 4.69) is 44.3 Å². The fourth-order valence-electron chi connectivity index (χ4n) is 0.385. The van der Waals surface area contributed by atoms with E-state index in [-0.39, 0.29) is 5.54 Å². The van der Waals surface area contributed by atoms with E-state index in [1.54, 1.807) is 9.12 Å². The second-order valence-electron chi connectivity index (χ2n) is 2.83. The van der Waals surface area contributed by atoms with Crippen LogP contribution in [-0.4, -0.2) is 5.54 Å². The first-order chi connectivity index (χ1) is 4.98. The predicted molar refractivity (Wildman–Crippen MR) is 61.4 cm³/mol. The van der Waals surface area contributed by atoms with Crippen molar-refractivity contribution in [2.45, 2.75) is 26.3 Å². The number of hydrogen-bond acceptors (Lipinski definition) is 2. The molecule has 0 heterocycles. The van der Waals surface area contributed by atoms with Crippen LogP contribution in [0.4, 0.5) is 0 Å². The number of halogens is 1. The van der Waals surface area contributed by atoms with Crippen molar-refractivity contribution in [3.8, 4) is 11.8 Å². The summed E-state index contributed by atoms with van der Waals surface area (Å²) in [5.74, 6) is 6.02. The Bertz CT molecular complexity index is 200. The molecule has 0 aliphatic heterocycles. The lowest BCUT2D eigenvalue weighted by atomic mass is 10.1. The molecule has 0 aromatic heterocycles. The van der Waals surface area contributed by atoms with Gasteiger partial charge in [-0.25, -0.2) is 4.72 Å². The lowest BCUT2D eigenvalue weighted by molar-refractivity contribution is 0.631. The van der Waals surface area contributed by atoms with Gasteiger partial charge < -0.3 is 0 Å². The zero-order valence-electron chi connectivity index (χ0n) is 6.99. The highest BCUT2D eigenvalue weighted by Crippen LogP contribution is 2.12. The third kappa shape index (κ3) is 6.73. The van der Waals surface area contributed by atoms with Crippen molar-refractivity contribution in [1.82, 2.24) is 4.72 Å². The fraction of sp³-hybridized carbons (Fsp3) is 0.500. The zero-order chi connectivity index (χ0) is 8.91. The van der Waals surface area contributed by atoms with Gasteiger partial charge in [0.05, 0.1) is 5.54 Å². The zero-order valence-corrected chi connectivity index (χ0v) is 9.97. The van der Waals surface area contributed by atoms with E-state index in [0.717, 1.165) is 5.57 Å². The summed E-state index contributed by atoms with van der Waals surface area (Å²) in [5, 5.41) is 0. The normalized spacial score (nSPS) is 10.2. The molecule has 3 heteroatoms. The van der Waals surface area contributed by atoms with Crippen molar-refractivity contribution in [3.05, 3.63) is 12.2 Å². The molecule has 0 unspecified atom stereocenters. The van der Waals surface area contributed by atoms with Gasteiger partial charge in [0.15, 0.2) is 0 Å². The Hall–Kier alpha value is 0.340. The van der Waals surface area contributed by atoms with Gasteiger partial charge in [-0.2, -0.15) is 0 Å². The van der Waals surface area contributed by atoms with Crippen LogP contribution in [0.15, 0.2) is 12.2 Å². The summed E-state index contributed by atoms with van der Waals surface area (Å²) in [6.07, 6.45) is 0. The molecule has 1 nitrogen and oxygen atoms in total. The number of hydrogen-bond donors (Lipinski definition) is 1. The average Bonchev–Trinajstić information content (AvgIpc) is 1.84. The molecule has 0 fully saturated rings. The van der Waals surface area contributed by atoms with Gasteiger partial charge in [0.25, 0.3) is 0 Å². The van der Waals surface area contributed by atoms with Gasteiger partial charge in [0, 0.05) is 21.2 Å². The standard InChI is InChI=1S/C8H12INS/c1-7(2)5-6-8(3,4)10-11-9/h10H,1H2,2-4H3. The minimum absolute atomic E-state index is 0.134. The lowest BCUT2D eigenvalue weighted by Crippen LogP contribution is -2.31. The molecule has 1 N–H and O–H groups in total. The molecule has 0 rings (SSSR count). The second-order valence-corrected chi connectivity index (χ2v) is 4.51. The van der Waals surface area contributed by atoms with Gasteiger partial charge in [-0.1, -0.05) is 18.4 Å². The topological polar surface area (TPSA) is 12.0 Å². The first kappa shape index (κ1) is 11.3. The summed E-state index contributed by atoms with van der Waals surface area (Å²) < 4.78 is 3.17. The molecule has 0 amide bonds. The number of nitrogens with one attached hydrogen (secondary N) is 1. The van der Waals surface area contributed by atoms with Crippen molar-refractivity contribution in [3.63, 3.8) is 0 Å². The average molecular weight is 281 g/mol. The first-order valence-electron chi connectivity index (χ1n) is 3.21. The van der Waals surface area contributed by atoms with Gasteiger partial charge in [-0.3, -0.25) is 0 Å². The van der Waals surface area contributed by atoms with Crippen molar-refractivity contribution in [1.29, 1.82) is 0 Å². The van der Waals surface area contributed by atoms with Crippen LogP contribution < -0.4 is 4.72 Å². The fourth-order valence-corrected chi connectivity index (χ4v) is 2.28. The lowest BCUT2D eigenvalue weighted by Gasteiger charge is -2.15. The largest absolute Gasteiger partial charge is 0.238 e. The predicted octanol–water partition coefficient (Wildman–Crippen LogP) is 2.93. The van der Waals surface area contributed by atoms with Crippen LogP contribution in [0.1, 0.15) is 20.8 Å². The summed E-state index contributed by atoms with van der Waals surface area (Å²) in [5.41, 5.74) is 0.767. The van der Waals surface area contributed by atoms with Crippen molar-refractivity contribution >= 4 is 30.3 Å². The molecule has 0 saturated carbocycles. The maximum Gasteiger partial charge on any atom is 0.0845 e. The molecule has 0 spiro atoms. The Labute approximate surface area is 85.1 Å². The highest BCUT2D eigenvalue weighted by molar-refractivity contribution is 14.2. The molecule has 0 aliphatic rings. The maximum atomic E-state index is 3.71. The summed E-state index contributed by atoms with van der Waals surface area (Å²) in [7, 11) is 1.55. The number of allylic oxidation sites excluding steroid dienone is 1. The molecule has 0 radical (unpaired) electrons. The van der Waals surface area contributed by atoms with E-state index >= 15 is 0 Å². The molecule has 11 heavy (non-hydrogen) atoms. The maximum absolute atomic E-state index is 3.71. The molecule has 0 aromatic rings. The third-order valence-corrected chi connectivity index (χ3v) is 2.13. The smallest absolute Gasteiger partial charge is 0.0845 e. The monoisotopic (exact) mass is 281 g/mol. The second kappa shape index (κ2) is 5.07. The quantitative estimate of drug-likeness (QED) is 0.474. The summed E-state index contributed by atoms with van der Waals surface area (Å²) in [4.78, 5) is 0. The van der Waals surface area contributed by atoms with Crippen molar-refractivity contribution in [2.24, 2.45) is 0 Å². The minimum atomic E-state index is -0.134. The number of rotatable bonds is 2. The molecule has 0 aromatic carbocycles. The third-order valence-electron chi connectivity index (χ3n) is 0.882. The van der Waals surface area contributed by atoms with Gasteiger partial charge in [0.1, 0.15) is 0 Å². The van der Waals surface area contributed by atoms with Crippen LogP contribution in [0.5, 0.6) is 0 Å². The van der Waals surface area contributed by atoms with Crippen LogP contribution in [0.25, 0.3) is 0 Å². The summed E-state index contributed by atoms with van der Waals surface area (Å²) >= 11 is 2.19. The van der Waals surface area contributed by atoms with E-state index < -0.39 is 0 Å². The minimum Gasteiger partial charge on any atom is -0.238 e. The van der Waals surface area contributed by atoms with Crippen LogP contribution in [0.2, 0.25) is 0 Å². The molecular weight excluding hydrogens is 269 g/mol. The van der Waals surface area contributed by atoms with Gasteiger partial charge in [-0.05, 0) is 35.5 Å². The highest BCUT2D eigenvalue weighted by Gasteiger charge is 2.11. The Kier molecular flexibility index (Phi) is 5.23. The Morgan fingerprint density at radius 3 is 2.55 bits per heavy atom. The molecular formula is C8H12INS. The van der Waals surface area contributed by atoms with E-state index in [0.29, 0.717) is 0 Å². The van der Waals surface area contributed by atoms with E-state index in [1.807, 2.05) is 20.8 Å². The SMILES string of the molecule is C=C(C)C#CC(C)(C)NSI. The van der Waals surface area contributed by atoms with Crippen molar-refractivity contribution in [2.75, 3.05) is 0 Å². The van der Waals surface area contributed by atoms with Crippen LogP contribution in [-0.2, 0) is 0 Å². The van der Waals surface area contributed by atoms with E-state index in [1.165, 1.54) is 0 Å². The van der Waals surface area contributed by atoms with Gasteiger partial charge in [-0.15, -0.1) is 0 Å². The van der Waals surface area contributed by atoms with Crippen LogP contribution in [0.3, 0.4) is 0 Å². The van der Waals surface area contributed by atoms with E-state index in [9.17, 15) is 0 Å². The summed E-state index contributed by atoms with van der Waals surface area (Å²) in [6.45, 7) is 9.68. The van der Waals surface area contributed by atoms with Gasteiger partial charge >= 0.3 is 0 Å². The van der Waals surface area contributed by atoms with Gasteiger partial charge in [0.2, 0.25) is 0 Å². The Morgan fingerprint density at radius 2 is 2.18 bits per heavy atom. The molecule has 0 aliphatic carbocycles. The molecule has 62 valence electrons. The molecule has 0 atom stereocenters. The Morgan fingerprint density at radius 1 is 1.64 bits per heavy atom. The van der Waals surface area contributed by atoms with Crippen LogP contribution in [0, 0.1) is 11.8 Å². The first-order valence-corrected chi connectivity index (χ1v) is 6.57. The van der Waals surface area contributed by atoms with E-state index in [4.69, 9.17) is 0 Å². The highest BCUT2D eigenvalue weighted by atomic mass is 127. The van der Waals surface area contributed by atoms with Crippen LogP contribution >= 0.6 is 30.3 Å². The molecule has 0 saturated heterocycles. The summed E-state index contributed by atoms with van der Waals surface area (Å²) in [6, 6.07) is 0. The van der Waals surface area contributed by atoms with Crippen molar-refractivity contribution < 1.29 is 0 Å². The molecule has 0 bridgehead atoms.